The fourth-order valence-electron chi connectivity index (χ4n) is 3.05. The maximum atomic E-state index is 12.2. The number of nitrogens with one attached hydrogen (secondary N) is 2. The lowest BCUT2D eigenvalue weighted by atomic mass is 9.76. The molecule has 0 saturated carbocycles. The number of amides is 2. The third-order valence-corrected chi connectivity index (χ3v) is 6.00. The molecular formula is C18H28N2O2S. The fraction of sp³-hybridized carbons (Fsp3) is 0.611. The first-order valence-electron chi connectivity index (χ1n) is 8.27. The SMILES string of the molecule is CCC(NC(=O)NCC1(O)CCSC1)C(C)(C)c1ccccc1. The number of aliphatic hydroxyl groups is 1. The van der Waals surface area contributed by atoms with Gasteiger partial charge >= 0.3 is 6.03 Å². The van der Waals surface area contributed by atoms with E-state index >= 15 is 0 Å². The van der Waals surface area contributed by atoms with Crippen molar-refractivity contribution in [2.45, 2.75) is 50.7 Å². The molecule has 1 aromatic carbocycles. The van der Waals surface area contributed by atoms with Gasteiger partial charge in [0, 0.05) is 23.8 Å². The van der Waals surface area contributed by atoms with E-state index in [-0.39, 0.29) is 17.5 Å². The molecule has 0 radical (unpaired) electrons. The molecule has 0 bridgehead atoms. The zero-order chi connectivity index (χ0) is 16.9. The molecule has 3 N–H and O–H groups in total. The number of hydrogen-bond acceptors (Lipinski definition) is 3. The van der Waals surface area contributed by atoms with Gasteiger partial charge in [-0.05, 0) is 24.2 Å². The van der Waals surface area contributed by atoms with Gasteiger partial charge in [-0.25, -0.2) is 4.79 Å². The van der Waals surface area contributed by atoms with E-state index in [1.807, 2.05) is 18.2 Å². The Morgan fingerprint density at radius 1 is 1.39 bits per heavy atom. The number of hydrogen-bond donors (Lipinski definition) is 3. The summed E-state index contributed by atoms with van der Waals surface area (Å²) < 4.78 is 0. The van der Waals surface area contributed by atoms with Crippen LogP contribution in [0.25, 0.3) is 0 Å². The third kappa shape index (κ3) is 4.64. The zero-order valence-electron chi connectivity index (χ0n) is 14.3. The van der Waals surface area contributed by atoms with Crippen molar-refractivity contribution in [2.75, 3.05) is 18.1 Å². The molecule has 128 valence electrons. The smallest absolute Gasteiger partial charge is 0.315 e. The molecule has 5 heteroatoms. The zero-order valence-corrected chi connectivity index (χ0v) is 15.1. The Bertz CT molecular complexity index is 513. The maximum Gasteiger partial charge on any atom is 0.315 e. The Hall–Kier alpha value is -1.20. The van der Waals surface area contributed by atoms with Crippen LogP contribution >= 0.6 is 11.8 Å². The van der Waals surface area contributed by atoms with Crippen LogP contribution in [0.1, 0.15) is 39.2 Å². The Morgan fingerprint density at radius 3 is 2.65 bits per heavy atom. The number of rotatable bonds is 6. The van der Waals surface area contributed by atoms with E-state index in [1.54, 1.807) is 11.8 Å². The highest BCUT2D eigenvalue weighted by atomic mass is 32.2. The van der Waals surface area contributed by atoms with Crippen LogP contribution in [0, 0.1) is 0 Å². The second kappa shape index (κ2) is 7.58. The monoisotopic (exact) mass is 336 g/mol. The first-order chi connectivity index (χ1) is 10.9. The molecule has 1 aromatic rings. The van der Waals surface area contributed by atoms with Crippen LogP contribution in [-0.4, -0.2) is 40.8 Å². The highest BCUT2D eigenvalue weighted by Crippen LogP contribution is 2.29. The summed E-state index contributed by atoms with van der Waals surface area (Å²) in [7, 11) is 0. The summed E-state index contributed by atoms with van der Waals surface area (Å²) in [4.78, 5) is 12.2. The van der Waals surface area contributed by atoms with Crippen LogP contribution in [0.2, 0.25) is 0 Å². The van der Waals surface area contributed by atoms with Gasteiger partial charge in [-0.2, -0.15) is 11.8 Å². The molecular weight excluding hydrogens is 308 g/mol. The molecule has 1 aliphatic rings. The van der Waals surface area contributed by atoms with Crippen molar-refractivity contribution in [3.63, 3.8) is 0 Å². The second-order valence-electron chi connectivity index (χ2n) is 6.90. The molecule has 1 saturated heterocycles. The topological polar surface area (TPSA) is 61.4 Å². The Morgan fingerprint density at radius 2 is 2.09 bits per heavy atom. The van der Waals surface area contributed by atoms with Gasteiger partial charge in [0.25, 0.3) is 0 Å². The van der Waals surface area contributed by atoms with E-state index in [0.29, 0.717) is 12.3 Å². The molecule has 0 spiro atoms. The van der Waals surface area contributed by atoms with E-state index in [9.17, 15) is 9.90 Å². The molecule has 1 fully saturated rings. The molecule has 0 aromatic heterocycles. The summed E-state index contributed by atoms with van der Waals surface area (Å²) in [5.41, 5.74) is 0.296. The largest absolute Gasteiger partial charge is 0.387 e. The number of carbonyl (C=O) groups excluding carboxylic acids is 1. The third-order valence-electron chi connectivity index (χ3n) is 4.76. The molecule has 1 aliphatic heterocycles. The number of benzene rings is 1. The molecule has 2 atom stereocenters. The lowest BCUT2D eigenvalue weighted by Gasteiger charge is -2.35. The lowest BCUT2D eigenvalue weighted by molar-refractivity contribution is 0.0697. The normalized spacial score (nSPS) is 22.6. The molecule has 2 rings (SSSR count). The average Bonchev–Trinajstić information content (AvgIpc) is 2.98. The van der Waals surface area contributed by atoms with Crippen LogP contribution in [0.4, 0.5) is 4.79 Å². The van der Waals surface area contributed by atoms with E-state index in [1.165, 1.54) is 5.56 Å². The quantitative estimate of drug-likeness (QED) is 0.748. The fourth-order valence-corrected chi connectivity index (χ4v) is 4.35. The van der Waals surface area contributed by atoms with Gasteiger partial charge in [0.05, 0.1) is 5.60 Å². The van der Waals surface area contributed by atoms with Crippen molar-refractivity contribution in [1.29, 1.82) is 0 Å². The average molecular weight is 337 g/mol. The minimum atomic E-state index is -0.751. The van der Waals surface area contributed by atoms with Crippen LogP contribution in [0.3, 0.4) is 0 Å². The van der Waals surface area contributed by atoms with Crippen LogP contribution in [0.15, 0.2) is 30.3 Å². The Labute approximate surface area is 143 Å². The van der Waals surface area contributed by atoms with Crippen molar-refractivity contribution in [1.82, 2.24) is 10.6 Å². The summed E-state index contributed by atoms with van der Waals surface area (Å²) in [5, 5.41) is 16.2. The van der Waals surface area contributed by atoms with Crippen LogP contribution < -0.4 is 10.6 Å². The van der Waals surface area contributed by atoms with E-state index in [2.05, 4.69) is 43.5 Å². The summed E-state index contributed by atoms with van der Waals surface area (Å²) >= 11 is 1.73. The van der Waals surface area contributed by atoms with Gasteiger partial charge in [0.1, 0.15) is 0 Å². The van der Waals surface area contributed by atoms with Crippen molar-refractivity contribution < 1.29 is 9.90 Å². The number of thioether (sulfide) groups is 1. The maximum absolute atomic E-state index is 12.2. The van der Waals surface area contributed by atoms with Crippen LogP contribution in [-0.2, 0) is 5.41 Å². The number of carbonyl (C=O) groups is 1. The lowest BCUT2D eigenvalue weighted by Crippen LogP contribution is -2.53. The van der Waals surface area contributed by atoms with Crippen molar-refractivity contribution in [3.8, 4) is 0 Å². The predicted octanol–water partition coefficient (Wildman–Crippen LogP) is 2.91. The Kier molecular flexibility index (Phi) is 5.98. The minimum absolute atomic E-state index is 0.0255. The number of urea groups is 1. The Balaban J connectivity index is 1.94. The molecule has 4 nitrogen and oxygen atoms in total. The highest BCUT2D eigenvalue weighted by Gasteiger charge is 2.34. The van der Waals surface area contributed by atoms with Crippen molar-refractivity contribution in [3.05, 3.63) is 35.9 Å². The van der Waals surface area contributed by atoms with Gasteiger partial charge in [0.2, 0.25) is 0 Å². The summed E-state index contributed by atoms with van der Waals surface area (Å²) in [6.45, 7) is 6.70. The molecule has 1 heterocycles. The van der Waals surface area contributed by atoms with Crippen molar-refractivity contribution >= 4 is 17.8 Å². The summed E-state index contributed by atoms with van der Waals surface area (Å²) in [6, 6.07) is 10.1. The van der Waals surface area contributed by atoms with Crippen molar-refractivity contribution in [2.24, 2.45) is 0 Å². The van der Waals surface area contributed by atoms with E-state index < -0.39 is 5.60 Å². The van der Waals surface area contributed by atoms with Gasteiger partial charge in [-0.15, -0.1) is 0 Å². The minimum Gasteiger partial charge on any atom is -0.387 e. The highest BCUT2D eigenvalue weighted by molar-refractivity contribution is 7.99. The molecule has 2 amide bonds. The molecule has 2 unspecified atom stereocenters. The first-order valence-corrected chi connectivity index (χ1v) is 9.43. The van der Waals surface area contributed by atoms with Gasteiger partial charge in [-0.1, -0.05) is 51.1 Å². The molecule has 0 aliphatic carbocycles. The standard InChI is InChI=1S/C18H28N2O2S/c1-4-15(17(2,3)14-8-6-5-7-9-14)20-16(21)19-12-18(22)10-11-23-13-18/h5-9,15,22H,4,10-13H2,1-3H3,(H2,19,20,21). The van der Waals surface area contributed by atoms with E-state index in [0.717, 1.165) is 18.6 Å². The van der Waals surface area contributed by atoms with Gasteiger partial charge in [0.15, 0.2) is 0 Å². The summed E-state index contributed by atoms with van der Waals surface area (Å²) in [5.74, 6) is 1.65. The van der Waals surface area contributed by atoms with Gasteiger partial charge in [-0.3, -0.25) is 0 Å². The van der Waals surface area contributed by atoms with Gasteiger partial charge < -0.3 is 15.7 Å². The summed E-state index contributed by atoms with van der Waals surface area (Å²) in [6.07, 6.45) is 1.58. The second-order valence-corrected chi connectivity index (χ2v) is 8.01. The van der Waals surface area contributed by atoms with E-state index in [4.69, 9.17) is 0 Å². The molecule has 23 heavy (non-hydrogen) atoms. The predicted molar refractivity (Wildman–Crippen MR) is 97.0 cm³/mol. The van der Waals surface area contributed by atoms with Crippen LogP contribution in [0.5, 0.6) is 0 Å². The first kappa shape index (κ1) is 18.1.